The van der Waals surface area contributed by atoms with Crippen molar-refractivity contribution in [1.82, 2.24) is 0 Å². The molecule has 0 saturated carbocycles. The van der Waals surface area contributed by atoms with Crippen molar-refractivity contribution in [3.8, 4) is 0 Å². The quantitative estimate of drug-likeness (QED) is 0.770. The number of carboxylic acid groups (broad SMARTS) is 1. The molecule has 0 aliphatic rings. The standard InChI is InChI=1S/C13H10INO4S/c14-11-3-1-2-4-12(11)15-20(18,19)10-7-5-9(6-8-10)13(16)17/h1-8,15H,(H,16,17). The van der Waals surface area contributed by atoms with Crippen LogP contribution in [-0.4, -0.2) is 19.5 Å². The lowest BCUT2D eigenvalue weighted by molar-refractivity contribution is 0.0697. The first-order valence-corrected chi connectivity index (χ1v) is 8.07. The van der Waals surface area contributed by atoms with Gasteiger partial charge in [-0.3, -0.25) is 4.72 Å². The van der Waals surface area contributed by atoms with E-state index in [0.717, 1.165) is 3.57 Å². The molecule has 0 spiro atoms. The number of hydrogen-bond acceptors (Lipinski definition) is 3. The van der Waals surface area contributed by atoms with Crippen molar-refractivity contribution < 1.29 is 18.3 Å². The van der Waals surface area contributed by atoms with Gasteiger partial charge in [0.15, 0.2) is 0 Å². The lowest BCUT2D eigenvalue weighted by Crippen LogP contribution is -2.14. The molecule has 0 unspecified atom stereocenters. The molecule has 2 N–H and O–H groups in total. The van der Waals surface area contributed by atoms with Crippen LogP contribution in [0.3, 0.4) is 0 Å². The first kappa shape index (κ1) is 14.8. The Morgan fingerprint density at radius 1 is 1.05 bits per heavy atom. The Bertz CT molecular complexity index is 741. The predicted molar refractivity (Wildman–Crippen MR) is 83.4 cm³/mol. The van der Waals surface area contributed by atoms with Crippen molar-refractivity contribution in [2.24, 2.45) is 0 Å². The van der Waals surface area contributed by atoms with Crippen molar-refractivity contribution >= 4 is 44.3 Å². The van der Waals surface area contributed by atoms with Crippen LogP contribution >= 0.6 is 22.6 Å². The minimum Gasteiger partial charge on any atom is -0.478 e. The van der Waals surface area contributed by atoms with Crippen molar-refractivity contribution in [3.05, 3.63) is 57.7 Å². The molecule has 0 aliphatic heterocycles. The number of sulfonamides is 1. The van der Waals surface area contributed by atoms with Gasteiger partial charge >= 0.3 is 5.97 Å². The van der Waals surface area contributed by atoms with Crippen LogP contribution in [0.2, 0.25) is 0 Å². The third-order valence-corrected chi connectivity index (χ3v) is 4.85. The van der Waals surface area contributed by atoms with Crippen LogP contribution in [0.15, 0.2) is 53.4 Å². The van der Waals surface area contributed by atoms with E-state index in [1.807, 2.05) is 22.6 Å². The fourth-order valence-corrected chi connectivity index (χ4v) is 3.31. The molecule has 0 heterocycles. The summed E-state index contributed by atoms with van der Waals surface area (Å²) in [6, 6.07) is 12.0. The highest BCUT2D eigenvalue weighted by molar-refractivity contribution is 14.1. The van der Waals surface area contributed by atoms with Crippen LogP contribution in [-0.2, 0) is 10.0 Å². The molecular formula is C13H10INO4S. The first-order chi connectivity index (χ1) is 9.40. The molecule has 0 bridgehead atoms. The molecule has 0 aliphatic carbocycles. The van der Waals surface area contributed by atoms with E-state index < -0.39 is 16.0 Å². The number of halogens is 1. The first-order valence-electron chi connectivity index (χ1n) is 5.51. The molecule has 0 atom stereocenters. The molecule has 7 heteroatoms. The van der Waals surface area contributed by atoms with E-state index >= 15 is 0 Å². The van der Waals surface area contributed by atoms with Gasteiger partial charge in [0.1, 0.15) is 0 Å². The Morgan fingerprint density at radius 3 is 2.20 bits per heavy atom. The average molecular weight is 403 g/mol. The number of hydrogen-bond donors (Lipinski definition) is 2. The number of anilines is 1. The van der Waals surface area contributed by atoms with Crippen LogP contribution < -0.4 is 4.72 Å². The molecule has 0 radical (unpaired) electrons. The number of para-hydroxylation sites is 1. The van der Waals surface area contributed by atoms with Gasteiger partial charge in [-0.05, 0) is 59.0 Å². The number of carbonyl (C=O) groups is 1. The van der Waals surface area contributed by atoms with Gasteiger partial charge in [0.25, 0.3) is 10.0 Å². The van der Waals surface area contributed by atoms with Crippen LogP contribution in [0.25, 0.3) is 0 Å². The molecule has 2 aromatic carbocycles. The third kappa shape index (κ3) is 3.28. The van der Waals surface area contributed by atoms with Crippen molar-refractivity contribution in [2.45, 2.75) is 4.90 Å². The van der Waals surface area contributed by atoms with E-state index in [9.17, 15) is 13.2 Å². The number of aromatic carboxylic acids is 1. The Hall–Kier alpha value is -1.61. The van der Waals surface area contributed by atoms with Crippen molar-refractivity contribution in [1.29, 1.82) is 0 Å². The second-order valence-corrected chi connectivity index (χ2v) is 6.76. The van der Waals surface area contributed by atoms with Crippen LogP contribution in [0.4, 0.5) is 5.69 Å². The molecule has 2 rings (SSSR count). The highest BCUT2D eigenvalue weighted by Gasteiger charge is 2.16. The largest absolute Gasteiger partial charge is 0.478 e. The second-order valence-electron chi connectivity index (χ2n) is 3.91. The summed E-state index contributed by atoms with van der Waals surface area (Å²) in [5.74, 6) is -1.10. The Kier molecular flexibility index (Phi) is 4.29. The average Bonchev–Trinajstić information content (AvgIpc) is 2.41. The minimum absolute atomic E-state index is 0.0159. The number of nitrogens with one attached hydrogen (secondary N) is 1. The maximum absolute atomic E-state index is 12.2. The van der Waals surface area contributed by atoms with Crippen molar-refractivity contribution in [3.63, 3.8) is 0 Å². The number of carboxylic acids is 1. The smallest absolute Gasteiger partial charge is 0.335 e. The zero-order valence-electron chi connectivity index (χ0n) is 10.1. The summed E-state index contributed by atoms with van der Waals surface area (Å²) < 4.78 is 27.6. The van der Waals surface area contributed by atoms with Gasteiger partial charge in [-0.2, -0.15) is 0 Å². The zero-order chi connectivity index (χ0) is 14.8. The van der Waals surface area contributed by atoms with E-state index in [1.54, 1.807) is 24.3 Å². The Balaban J connectivity index is 2.31. The normalized spacial score (nSPS) is 11.1. The minimum atomic E-state index is -3.73. The van der Waals surface area contributed by atoms with Gasteiger partial charge in [-0.15, -0.1) is 0 Å². The summed E-state index contributed by atoms with van der Waals surface area (Å²) in [5.41, 5.74) is 0.522. The fourth-order valence-electron chi connectivity index (χ4n) is 1.52. The molecule has 0 saturated heterocycles. The van der Waals surface area contributed by atoms with Gasteiger partial charge in [0, 0.05) is 3.57 Å². The van der Waals surface area contributed by atoms with Gasteiger partial charge in [-0.1, -0.05) is 12.1 Å². The van der Waals surface area contributed by atoms with Crippen LogP contribution in [0.1, 0.15) is 10.4 Å². The van der Waals surface area contributed by atoms with Crippen LogP contribution in [0, 0.1) is 3.57 Å². The summed E-state index contributed by atoms with van der Waals surface area (Å²) >= 11 is 2.03. The Morgan fingerprint density at radius 2 is 1.65 bits per heavy atom. The molecule has 104 valence electrons. The lowest BCUT2D eigenvalue weighted by Gasteiger charge is -2.09. The molecule has 0 aromatic heterocycles. The number of rotatable bonds is 4. The second kappa shape index (κ2) is 5.80. The lowest BCUT2D eigenvalue weighted by atomic mass is 10.2. The summed E-state index contributed by atoms with van der Waals surface area (Å²) in [5, 5.41) is 8.78. The highest BCUT2D eigenvalue weighted by Crippen LogP contribution is 2.21. The monoisotopic (exact) mass is 403 g/mol. The molecule has 0 fully saturated rings. The third-order valence-electron chi connectivity index (χ3n) is 2.53. The molecule has 0 amide bonds. The Labute approximate surface area is 129 Å². The maximum atomic E-state index is 12.2. The summed E-state index contributed by atoms with van der Waals surface area (Å²) in [7, 11) is -3.73. The van der Waals surface area contributed by atoms with Crippen molar-refractivity contribution in [2.75, 3.05) is 4.72 Å². The topological polar surface area (TPSA) is 83.5 Å². The van der Waals surface area contributed by atoms with E-state index in [2.05, 4.69) is 4.72 Å². The number of benzene rings is 2. The zero-order valence-corrected chi connectivity index (χ0v) is 13.1. The van der Waals surface area contributed by atoms with Gasteiger partial charge in [0.05, 0.1) is 16.1 Å². The van der Waals surface area contributed by atoms with E-state index in [-0.39, 0.29) is 10.5 Å². The van der Waals surface area contributed by atoms with E-state index in [0.29, 0.717) is 5.69 Å². The molecular weight excluding hydrogens is 393 g/mol. The SMILES string of the molecule is O=C(O)c1ccc(S(=O)(=O)Nc2ccccc2I)cc1. The summed E-state index contributed by atoms with van der Waals surface area (Å²) in [6.07, 6.45) is 0. The van der Waals surface area contributed by atoms with Gasteiger partial charge in [0.2, 0.25) is 0 Å². The fraction of sp³-hybridized carbons (Fsp3) is 0. The maximum Gasteiger partial charge on any atom is 0.335 e. The predicted octanol–water partition coefficient (Wildman–Crippen LogP) is 2.79. The van der Waals surface area contributed by atoms with E-state index in [1.165, 1.54) is 24.3 Å². The summed E-state index contributed by atoms with van der Waals surface area (Å²) in [4.78, 5) is 10.7. The summed E-state index contributed by atoms with van der Waals surface area (Å²) in [6.45, 7) is 0. The molecule has 5 nitrogen and oxygen atoms in total. The van der Waals surface area contributed by atoms with Gasteiger partial charge in [-0.25, -0.2) is 13.2 Å². The molecule has 2 aromatic rings. The highest BCUT2D eigenvalue weighted by atomic mass is 127. The van der Waals surface area contributed by atoms with Crippen LogP contribution in [0.5, 0.6) is 0 Å². The van der Waals surface area contributed by atoms with E-state index in [4.69, 9.17) is 5.11 Å². The molecule has 20 heavy (non-hydrogen) atoms. The van der Waals surface area contributed by atoms with Gasteiger partial charge < -0.3 is 5.11 Å².